The number of carbonyl (C=O) groups excluding carboxylic acids is 3. The zero-order chi connectivity index (χ0) is 29.6. The highest BCUT2D eigenvalue weighted by atomic mass is 16.5. The van der Waals surface area contributed by atoms with Crippen LogP contribution in [0.3, 0.4) is 0 Å². The second kappa shape index (κ2) is 16.5. The highest BCUT2D eigenvalue weighted by molar-refractivity contribution is 6.01. The average molecular weight is 568 g/mol. The molecule has 1 atom stereocenters. The highest BCUT2D eigenvalue weighted by Crippen LogP contribution is 2.32. The number of amides is 3. The van der Waals surface area contributed by atoms with E-state index in [1.807, 2.05) is 13.8 Å². The van der Waals surface area contributed by atoms with Crippen LogP contribution in [0.4, 0.5) is 5.69 Å². The quantitative estimate of drug-likeness (QED) is 0.127. The van der Waals surface area contributed by atoms with E-state index >= 15 is 0 Å². The summed E-state index contributed by atoms with van der Waals surface area (Å²) in [7, 11) is 0. The van der Waals surface area contributed by atoms with E-state index in [-0.39, 0.29) is 36.4 Å². The Kier molecular flexibility index (Phi) is 12.8. The van der Waals surface area contributed by atoms with E-state index in [2.05, 4.69) is 22.5 Å². The lowest BCUT2D eigenvalue weighted by atomic mass is 10.1. The fraction of sp³-hybridized carbons (Fsp3) is 0.433. The van der Waals surface area contributed by atoms with Crippen LogP contribution in [0.1, 0.15) is 37.0 Å². The third-order valence-electron chi connectivity index (χ3n) is 6.28. The molecule has 222 valence electrons. The minimum absolute atomic E-state index is 0.00306. The van der Waals surface area contributed by atoms with Crippen LogP contribution in [-0.2, 0) is 19.1 Å². The van der Waals surface area contributed by atoms with Crippen molar-refractivity contribution in [3.8, 4) is 5.75 Å². The number of carbonyl (C=O) groups is 3. The summed E-state index contributed by atoms with van der Waals surface area (Å²) in [5.74, 6) is -0.412. The Morgan fingerprint density at radius 3 is 2.68 bits per heavy atom. The molecule has 5 N–H and O–H groups in total. The number of benzene rings is 1. The summed E-state index contributed by atoms with van der Waals surface area (Å²) in [6.07, 6.45) is 10.1. The summed E-state index contributed by atoms with van der Waals surface area (Å²) in [5, 5.41) is 9.01. The van der Waals surface area contributed by atoms with Crippen molar-refractivity contribution in [2.45, 2.75) is 38.8 Å². The number of hydrogen-bond donors (Lipinski definition) is 4. The summed E-state index contributed by atoms with van der Waals surface area (Å²) in [6.45, 7) is 10.4. The van der Waals surface area contributed by atoms with Crippen LogP contribution in [0.25, 0.3) is 0 Å². The average Bonchev–Trinajstić information content (AvgIpc) is 3.81. The summed E-state index contributed by atoms with van der Waals surface area (Å²) >= 11 is 0. The van der Waals surface area contributed by atoms with E-state index in [1.165, 1.54) is 0 Å². The molecule has 3 rings (SSSR count). The van der Waals surface area contributed by atoms with Gasteiger partial charge in [-0.2, -0.15) is 0 Å². The summed E-state index contributed by atoms with van der Waals surface area (Å²) in [4.78, 5) is 40.1. The number of nitrogens with two attached hydrogens (primary N) is 1. The van der Waals surface area contributed by atoms with Crippen LogP contribution in [0.5, 0.6) is 5.75 Å². The van der Waals surface area contributed by atoms with Gasteiger partial charge in [-0.1, -0.05) is 24.8 Å². The maximum atomic E-state index is 13.5. The molecular formula is C30H41N5O6. The van der Waals surface area contributed by atoms with Crippen LogP contribution in [0.15, 0.2) is 66.6 Å². The van der Waals surface area contributed by atoms with Crippen molar-refractivity contribution < 1.29 is 28.6 Å². The number of nitrogens with zero attached hydrogens (tertiary/aromatic N) is 1. The van der Waals surface area contributed by atoms with Crippen molar-refractivity contribution >= 4 is 23.4 Å². The smallest absolute Gasteiger partial charge is 0.262 e. The van der Waals surface area contributed by atoms with Gasteiger partial charge in [-0.3, -0.25) is 14.4 Å². The summed E-state index contributed by atoms with van der Waals surface area (Å²) < 4.78 is 16.3. The first kappa shape index (κ1) is 31.8. The maximum Gasteiger partial charge on any atom is 0.262 e. The first-order chi connectivity index (χ1) is 19.9. The molecule has 1 aromatic carbocycles. The molecule has 1 heterocycles. The number of anilines is 1. The third kappa shape index (κ3) is 9.98. The van der Waals surface area contributed by atoms with E-state index in [9.17, 15) is 14.4 Å². The SMILES string of the molecule is C=C/C=C(/NC(=O)C(/C=C\C)=C/N(C(=O)c1ccc2c(c1)OCC(=O)N2)C1CC1)C(C)NCCOCCOCCN. The predicted molar refractivity (Wildman–Crippen MR) is 157 cm³/mol. The lowest BCUT2D eigenvalue weighted by Gasteiger charge is -2.23. The molecule has 1 unspecified atom stereocenters. The number of allylic oxidation sites excluding steroid dienone is 3. The number of hydrogen-bond acceptors (Lipinski definition) is 8. The van der Waals surface area contributed by atoms with Crippen molar-refractivity contribution in [1.29, 1.82) is 0 Å². The molecule has 1 fully saturated rings. The lowest BCUT2D eigenvalue weighted by molar-refractivity contribution is -0.118. The summed E-state index contributed by atoms with van der Waals surface area (Å²) in [6, 6.07) is 4.71. The van der Waals surface area contributed by atoms with Crippen LogP contribution in [0, 0.1) is 0 Å². The molecule has 1 saturated carbocycles. The molecule has 11 nitrogen and oxygen atoms in total. The molecule has 1 aliphatic heterocycles. The van der Waals surface area contributed by atoms with Gasteiger partial charge in [-0.15, -0.1) is 0 Å². The fourth-order valence-electron chi connectivity index (χ4n) is 4.03. The van der Waals surface area contributed by atoms with Gasteiger partial charge in [0, 0.05) is 42.6 Å². The largest absolute Gasteiger partial charge is 0.482 e. The van der Waals surface area contributed by atoms with Gasteiger partial charge in [0.1, 0.15) is 5.75 Å². The van der Waals surface area contributed by atoms with Crippen molar-refractivity contribution in [3.63, 3.8) is 0 Å². The van der Waals surface area contributed by atoms with Crippen molar-refractivity contribution in [3.05, 3.63) is 72.1 Å². The van der Waals surface area contributed by atoms with E-state index in [0.717, 1.165) is 12.8 Å². The molecule has 0 aromatic heterocycles. The van der Waals surface area contributed by atoms with E-state index in [4.69, 9.17) is 19.9 Å². The Hall–Kier alpha value is -3.77. The first-order valence-corrected chi connectivity index (χ1v) is 13.8. The molecular weight excluding hydrogens is 526 g/mol. The molecule has 1 aliphatic carbocycles. The molecule has 0 radical (unpaired) electrons. The molecule has 3 amide bonds. The van der Waals surface area contributed by atoms with Crippen molar-refractivity contribution in [2.75, 3.05) is 51.4 Å². The van der Waals surface area contributed by atoms with Gasteiger partial charge < -0.3 is 40.8 Å². The van der Waals surface area contributed by atoms with E-state index < -0.39 is 0 Å². The lowest BCUT2D eigenvalue weighted by Crippen LogP contribution is -2.39. The van der Waals surface area contributed by atoms with Gasteiger partial charge >= 0.3 is 0 Å². The number of rotatable bonds is 17. The number of ether oxygens (including phenoxy) is 3. The molecule has 0 saturated heterocycles. The molecule has 0 spiro atoms. The zero-order valence-electron chi connectivity index (χ0n) is 23.8. The van der Waals surface area contributed by atoms with Gasteiger partial charge in [-0.25, -0.2) is 0 Å². The standard InChI is InChI=1S/C30H41N5O6/c1-4-6-23(29(37)34-25(7-5-2)21(3)32-13-15-40-17-16-39-14-12-31)19-35(24-9-10-24)30(38)22-8-11-26-27(18-22)41-20-28(36)33-26/h4-8,11,18-19,21,24,32H,2,9-10,12-17,20,31H2,1,3H3,(H,33,36)(H,34,37)/b6-4-,23-19+,25-7+. The molecule has 1 aromatic rings. The maximum absolute atomic E-state index is 13.5. The predicted octanol–water partition coefficient (Wildman–Crippen LogP) is 2.24. The van der Waals surface area contributed by atoms with Crippen LogP contribution >= 0.6 is 0 Å². The van der Waals surface area contributed by atoms with Gasteiger partial charge in [0.05, 0.1) is 37.7 Å². The highest BCUT2D eigenvalue weighted by Gasteiger charge is 2.33. The Balaban J connectivity index is 1.66. The first-order valence-electron chi connectivity index (χ1n) is 13.8. The summed E-state index contributed by atoms with van der Waals surface area (Å²) in [5.41, 5.74) is 7.28. The van der Waals surface area contributed by atoms with Gasteiger partial charge in [0.2, 0.25) is 0 Å². The van der Waals surface area contributed by atoms with Crippen molar-refractivity contribution in [2.24, 2.45) is 5.73 Å². The molecule has 11 heteroatoms. The molecule has 2 aliphatic rings. The topological polar surface area (TPSA) is 144 Å². The van der Waals surface area contributed by atoms with Crippen LogP contribution < -0.4 is 26.4 Å². The normalized spacial score (nSPS) is 16.0. The minimum atomic E-state index is -0.354. The number of fused-ring (bicyclic) bond motifs is 1. The Bertz CT molecular complexity index is 1170. The molecule has 0 bridgehead atoms. The van der Waals surface area contributed by atoms with Crippen LogP contribution in [-0.4, -0.2) is 80.8 Å². The zero-order valence-corrected chi connectivity index (χ0v) is 23.8. The number of nitrogens with one attached hydrogen (secondary N) is 3. The second-order valence-corrected chi connectivity index (χ2v) is 9.58. The van der Waals surface area contributed by atoms with E-state index in [0.29, 0.717) is 67.8 Å². The minimum Gasteiger partial charge on any atom is -0.482 e. The molecule has 41 heavy (non-hydrogen) atoms. The Morgan fingerprint density at radius 2 is 2.00 bits per heavy atom. The Morgan fingerprint density at radius 1 is 1.24 bits per heavy atom. The fourth-order valence-corrected chi connectivity index (χ4v) is 4.03. The monoisotopic (exact) mass is 567 g/mol. The van der Waals surface area contributed by atoms with E-state index in [1.54, 1.807) is 53.6 Å². The van der Waals surface area contributed by atoms with Crippen molar-refractivity contribution in [1.82, 2.24) is 15.5 Å². The third-order valence-corrected chi connectivity index (χ3v) is 6.28. The van der Waals surface area contributed by atoms with Gasteiger partial charge in [-0.05, 0) is 51.0 Å². The van der Waals surface area contributed by atoms with Gasteiger partial charge in [0.15, 0.2) is 6.61 Å². The second-order valence-electron chi connectivity index (χ2n) is 9.58. The van der Waals surface area contributed by atoms with Gasteiger partial charge in [0.25, 0.3) is 17.7 Å². The Labute approximate surface area is 241 Å². The van der Waals surface area contributed by atoms with Crippen LogP contribution in [0.2, 0.25) is 0 Å².